The number of allylic oxidation sites excluding steroid dienone is 8. The zero-order valence-corrected chi connectivity index (χ0v) is 27.8. The van der Waals surface area contributed by atoms with Gasteiger partial charge in [-0.25, -0.2) is 0 Å². The molecule has 2 aliphatic rings. The third-order valence-corrected chi connectivity index (χ3v) is 9.95. The molecule has 1 atom stereocenters. The maximum absolute atomic E-state index is 2.46. The van der Waals surface area contributed by atoms with Crippen molar-refractivity contribution in [3.63, 3.8) is 0 Å². The van der Waals surface area contributed by atoms with Gasteiger partial charge in [0, 0.05) is 27.9 Å². The Kier molecular flexibility index (Phi) is 7.74. The number of para-hydroxylation sites is 1. The van der Waals surface area contributed by atoms with E-state index in [1.165, 1.54) is 82.8 Å². The lowest BCUT2D eigenvalue weighted by Crippen LogP contribution is -2.06. The van der Waals surface area contributed by atoms with Gasteiger partial charge in [-0.05, 0) is 89.6 Å². The van der Waals surface area contributed by atoms with E-state index in [2.05, 4.69) is 189 Å². The molecule has 1 unspecified atom stereocenters. The van der Waals surface area contributed by atoms with Crippen LogP contribution in [0.3, 0.4) is 0 Å². The molecule has 0 spiro atoms. The van der Waals surface area contributed by atoms with E-state index in [4.69, 9.17) is 0 Å². The van der Waals surface area contributed by atoms with Crippen LogP contribution in [-0.2, 0) is 0 Å². The first kappa shape index (κ1) is 29.7. The molecule has 6 aromatic carbocycles. The summed E-state index contributed by atoms with van der Waals surface area (Å²) in [5.41, 5.74) is 14.4. The first-order valence-electron chi connectivity index (χ1n) is 17.0. The summed E-state index contributed by atoms with van der Waals surface area (Å²) in [5, 5.41) is 5.24. The minimum Gasteiger partial charge on any atom is -0.309 e. The third kappa shape index (κ3) is 5.42. The molecule has 48 heavy (non-hydrogen) atoms. The predicted octanol–water partition coefficient (Wildman–Crippen LogP) is 12.7. The average molecular weight is 618 g/mol. The third-order valence-electron chi connectivity index (χ3n) is 9.95. The molecule has 0 bridgehead atoms. The molecule has 1 heteroatoms. The monoisotopic (exact) mass is 617 g/mol. The lowest BCUT2D eigenvalue weighted by atomic mass is 9.82. The highest BCUT2D eigenvalue weighted by Crippen LogP contribution is 2.41. The van der Waals surface area contributed by atoms with Crippen molar-refractivity contribution in [2.45, 2.75) is 27.2 Å². The van der Waals surface area contributed by atoms with Gasteiger partial charge in [0.05, 0.1) is 11.0 Å². The van der Waals surface area contributed by atoms with Crippen LogP contribution in [0.4, 0.5) is 0 Å². The molecule has 0 fully saturated rings. The van der Waals surface area contributed by atoms with Crippen molar-refractivity contribution in [2.75, 3.05) is 0 Å². The zero-order chi connectivity index (χ0) is 32.6. The number of benzene rings is 6. The molecule has 0 N–H and O–H groups in total. The minimum absolute atomic E-state index is 0.488. The first-order chi connectivity index (χ1) is 23.5. The largest absolute Gasteiger partial charge is 0.309 e. The van der Waals surface area contributed by atoms with E-state index >= 15 is 0 Å². The zero-order valence-electron chi connectivity index (χ0n) is 27.8. The number of fused-ring (bicyclic) bond motifs is 5. The van der Waals surface area contributed by atoms with E-state index in [-0.39, 0.29) is 0 Å². The average Bonchev–Trinajstić information content (AvgIpc) is 3.46. The van der Waals surface area contributed by atoms with Crippen LogP contribution in [-0.4, -0.2) is 4.57 Å². The van der Waals surface area contributed by atoms with E-state index in [0.29, 0.717) is 5.92 Å². The van der Waals surface area contributed by atoms with Gasteiger partial charge >= 0.3 is 0 Å². The summed E-state index contributed by atoms with van der Waals surface area (Å²) < 4.78 is 2.46. The first-order valence-corrected chi connectivity index (χ1v) is 17.0. The lowest BCUT2D eigenvalue weighted by molar-refractivity contribution is 0.793. The SMILES string of the molecule is Cc1ccc2ccccc2c1.Cc1ccccc1-c1c(C)ccc2c3ccccc3n(-c3ccc(C4=CC=C5C=CC=CC5C4)cc3)c12. The van der Waals surface area contributed by atoms with Crippen LogP contribution in [0.15, 0.2) is 169 Å². The second kappa shape index (κ2) is 12.5. The van der Waals surface area contributed by atoms with Gasteiger partial charge < -0.3 is 4.57 Å². The summed E-state index contributed by atoms with van der Waals surface area (Å²) in [6.45, 7) is 6.56. The van der Waals surface area contributed by atoms with Gasteiger partial charge in [0.2, 0.25) is 0 Å². The Morgan fingerprint density at radius 3 is 2.23 bits per heavy atom. The topological polar surface area (TPSA) is 4.93 Å². The van der Waals surface area contributed by atoms with E-state index in [9.17, 15) is 0 Å². The van der Waals surface area contributed by atoms with Crippen molar-refractivity contribution in [1.29, 1.82) is 0 Å². The smallest absolute Gasteiger partial charge is 0.0622 e. The second-order valence-corrected chi connectivity index (χ2v) is 13.1. The molecule has 2 aliphatic carbocycles. The van der Waals surface area contributed by atoms with E-state index in [1.807, 2.05) is 0 Å². The number of hydrogen-bond acceptors (Lipinski definition) is 0. The summed E-state index contributed by atoms with van der Waals surface area (Å²) in [6.07, 6.45) is 14.5. The molecule has 0 amide bonds. The van der Waals surface area contributed by atoms with Crippen molar-refractivity contribution in [1.82, 2.24) is 4.57 Å². The van der Waals surface area contributed by atoms with Gasteiger partial charge in [-0.2, -0.15) is 0 Å². The quantitative estimate of drug-likeness (QED) is 0.186. The van der Waals surface area contributed by atoms with Gasteiger partial charge in [-0.3, -0.25) is 0 Å². The fraction of sp³-hybridized carbons (Fsp3) is 0.106. The summed E-state index contributed by atoms with van der Waals surface area (Å²) in [4.78, 5) is 0. The fourth-order valence-electron chi connectivity index (χ4n) is 7.43. The molecule has 0 radical (unpaired) electrons. The Morgan fingerprint density at radius 1 is 0.604 bits per heavy atom. The van der Waals surface area contributed by atoms with Crippen LogP contribution in [0.25, 0.3) is 55.0 Å². The van der Waals surface area contributed by atoms with Gasteiger partial charge in [0.25, 0.3) is 0 Å². The maximum atomic E-state index is 2.46. The fourth-order valence-corrected chi connectivity index (χ4v) is 7.43. The lowest BCUT2D eigenvalue weighted by Gasteiger charge is -2.23. The summed E-state index contributed by atoms with van der Waals surface area (Å²) in [7, 11) is 0. The van der Waals surface area contributed by atoms with Crippen LogP contribution in [0.1, 0.15) is 28.7 Å². The van der Waals surface area contributed by atoms with Crippen LogP contribution >= 0.6 is 0 Å². The second-order valence-electron chi connectivity index (χ2n) is 13.1. The Labute approximate surface area is 283 Å². The highest BCUT2D eigenvalue weighted by atomic mass is 15.0. The molecule has 1 heterocycles. The van der Waals surface area contributed by atoms with Crippen LogP contribution in [0, 0.1) is 26.7 Å². The molecule has 1 nitrogen and oxygen atoms in total. The predicted molar refractivity (Wildman–Crippen MR) is 207 cm³/mol. The highest BCUT2D eigenvalue weighted by Gasteiger charge is 2.20. The van der Waals surface area contributed by atoms with E-state index in [1.54, 1.807) is 0 Å². The molecule has 7 aromatic rings. The Hall–Kier alpha value is -5.66. The normalized spacial score (nSPS) is 15.2. The van der Waals surface area contributed by atoms with E-state index < -0.39 is 0 Å². The molecule has 0 saturated heterocycles. The van der Waals surface area contributed by atoms with E-state index in [0.717, 1.165) is 6.42 Å². The van der Waals surface area contributed by atoms with Gasteiger partial charge in [0.15, 0.2) is 0 Å². The summed E-state index contributed by atoms with van der Waals surface area (Å²) >= 11 is 0. The molecule has 232 valence electrons. The molecule has 0 aliphatic heterocycles. The number of rotatable bonds is 3. The molecular formula is C47H39N. The van der Waals surface area contributed by atoms with Crippen molar-refractivity contribution in [3.05, 3.63) is 192 Å². The molecule has 0 saturated carbocycles. The molecular weight excluding hydrogens is 579 g/mol. The standard InChI is InChI=1S/C36H29N.C11H10/c1-24-9-3-6-12-31(24)35-25(2)15-22-33-32-13-7-8-14-34(32)37(36(33)35)30-20-18-27(19-21-30)29-17-16-26-10-4-5-11-28(26)23-29;1-9-6-7-10-4-2-3-5-11(10)8-9/h3-22,28H,23H2,1-2H3;2-8H,1H3. The van der Waals surface area contributed by atoms with Crippen LogP contribution in [0.5, 0.6) is 0 Å². The highest BCUT2D eigenvalue weighted by molar-refractivity contribution is 6.14. The number of aromatic nitrogens is 1. The Morgan fingerprint density at radius 2 is 1.38 bits per heavy atom. The van der Waals surface area contributed by atoms with Crippen molar-refractivity contribution < 1.29 is 0 Å². The van der Waals surface area contributed by atoms with Crippen LogP contribution in [0.2, 0.25) is 0 Å². The van der Waals surface area contributed by atoms with Gasteiger partial charge in [-0.15, -0.1) is 0 Å². The van der Waals surface area contributed by atoms with Crippen molar-refractivity contribution in [3.8, 4) is 16.8 Å². The Bertz CT molecular complexity index is 2440. The molecule has 9 rings (SSSR count). The van der Waals surface area contributed by atoms with Gasteiger partial charge in [0.1, 0.15) is 0 Å². The number of hydrogen-bond donors (Lipinski definition) is 0. The summed E-state index contributed by atoms with van der Waals surface area (Å²) in [6, 6.07) is 46.2. The maximum Gasteiger partial charge on any atom is 0.0622 e. The van der Waals surface area contributed by atoms with Crippen LogP contribution < -0.4 is 0 Å². The Balaban J connectivity index is 0.000000259. The van der Waals surface area contributed by atoms with Gasteiger partial charge in [-0.1, -0.05) is 151 Å². The number of aryl methyl sites for hydroxylation is 3. The number of nitrogens with zero attached hydrogens (tertiary/aromatic N) is 1. The van der Waals surface area contributed by atoms with Crippen molar-refractivity contribution >= 4 is 38.2 Å². The minimum atomic E-state index is 0.488. The van der Waals surface area contributed by atoms with Crippen molar-refractivity contribution in [2.24, 2.45) is 5.92 Å². The molecule has 1 aromatic heterocycles. The summed E-state index contributed by atoms with van der Waals surface area (Å²) in [5.74, 6) is 0.488.